The maximum atomic E-state index is 13.0. The van der Waals surface area contributed by atoms with Gasteiger partial charge in [0, 0.05) is 5.69 Å². The first-order valence-electron chi connectivity index (χ1n) is 9.86. The first-order valence-corrected chi connectivity index (χ1v) is 10.4. The molecule has 0 saturated carbocycles. The number of nitrogens with one attached hydrogen (secondary N) is 1. The topological polar surface area (TPSA) is 60.0 Å². The van der Waals surface area contributed by atoms with Crippen molar-refractivity contribution in [3.05, 3.63) is 77.9 Å². The van der Waals surface area contributed by atoms with E-state index in [1.165, 1.54) is 0 Å². The molecule has 6 nitrogen and oxygen atoms in total. The molecule has 1 aliphatic rings. The van der Waals surface area contributed by atoms with E-state index in [0.717, 1.165) is 22.7 Å². The minimum atomic E-state index is -0.434. The van der Waals surface area contributed by atoms with Gasteiger partial charge in [-0.05, 0) is 54.1 Å². The summed E-state index contributed by atoms with van der Waals surface area (Å²) in [5, 5.41) is 3.12. The molecule has 0 spiro atoms. The second-order valence-corrected chi connectivity index (χ2v) is 7.28. The summed E-state index contributed by atoms with van der Waals surface area (Å²) in [5.41, 5.74) is 3.05. The molecule has 0 bridgehead atoms. The summed E-state index contributed by atoms with van der Waals surface area (Å²) in [6.45, 7) is 0.436. The summed E-state index contributed by atoms with van der Waals surface area (Å²) in [7, 11) is 3.23. The van der Waals surface area contributed by atoms with Crippen molar-refractivity contribution in [1.82, 2.24) is 5.32 Å². The van der Waals surface area contributed by atoms with Crippen LogP contribution in [0.15, 0.2) is 66.7 Å². The van der Waals surface area contributed by atoms with Gasteiger partial charge in [-0.3, -0.25) is 4.79 Å². The Bertz CT molecular complexity index is 1050. The Kier molecular flexibility index (Phi) is 6.18. The Labute approximate surface area is 186 Å². The van der Waals surface area contributed by atoms with Gasteiger partial charge in [0.25, 0.3) is 5.91 Å². The van der Waals surface area contributed by atoms with Crippen LogP contribution in [0.5, 0.6) is 17.2 Å². The number of para-hydroxylation sites is 1. The molecule has 0 aliphatic carbocycles. The van der Waals surface area contributed by atoms with Crippen LogP contribution in [0.25, 0.3) is 0 Å². The number of hydrogen-bond donors (Lipinski definition) is 1. The molecule has 7 heteroatoms. The third-order valence-corrected chi connectivity index (χ3v) is 5.28. The number of alkyl halides is 1. The molecule has 160 valence electrons. The van der Waals surface area contributed by atoms with Crippen molar-refractivity contribution < 1.29 is 19.0 Å². The van der Waals surface area contributed by atoms with Gasteiger partial charge in [0.2, 0.25) is 0 Å². The molecule has 1 heterocycles. The Morgan fingerprint density at radius 2 is 1.65 bits per heavy atom. The van der Waals surface area contributed by atoms with E-state index in [9.17, 15) is 4.79 Å². The Morgan fingerprint density at radius 1 is 0.935 bits per heavy atom. The number of carbonyl (C=O) groups is 1. The van der Waals surface area contributed by atoms with Crippen LogP contribution in [0.3, 0.4) is 0 Å². The third-order valence-electron chi connectivity index (χ3n) is 5.12. The fraction of sp³-hybridized carbons (Fsp3) is 0.208. The molecule has 0 saturated heterocycles. The zero-order valence-corrected chi connectivity index (χ0v) is 18.1. The van der Waals surface area contributed by atoms with E-state index in [4.69, 9.17) is 25.8 Å². The van der Waals surface area contributed by atoms with E-state index < -0.39 is 6.17 Å². The van der Waals surface area contributed by atoms with Crippen LogP contribution in [-0.2, 0) is 0 Å². The van der Waals surface area contributed by atoms with Gasteiger partial charge < -0.3 is 24.4 Å². The van der Waals surface area contributed by atoms with Crippen LogP contribution in [0.2, 0.25) is 0 Å². The van der Waals surface area contributed by atoms with Crippen LogP contribution in [0.4, 0.5) is 11.4 Å². The molecule has 3 aromatic rings. The second kappa shape index (κ2) is 9.18. The summed E-state index contributed by atoms with van der Waals surface area (Å²) < 4.78 is 16.5. The first kappa shape index (κ1) is 20.9. The van der Waals surface area contributed by atoms with Crippen molar-refractivity contribution in [2.24, 2.45) is 0 Å². The highest BCUT2D eigenvalue weighted by Crippen LogP contribution is 2.45. The van der Waals surface area contributed by atoms with Gasteiger partial charge in [0.15, 0.2) is 0 Å². The molecule has 1 amide bonds. The molecular weight excluding hydrogens is 416 g/mol. The molecular formula is C24H23ClN2O4. The number of benzene rings is 3. The second-order valence-electron chi connectivity index (χ2n) is 6.91. The van der Waals surface area contributed by atoms with E-state index in [0.29, 0.717) is 29.5 Å². The van der Waals surface area contributed by atoms with Crippen LogP contribution in [0.1, 0.15) is 22.1 Å². The number of fused-ring (bicyclic) bond motifs is 1. The fourth-order valence-corrected chi connectivity index (χ4v) is 3.75. The van der Waals surface area contributed by atoms with Crippen LogP contribution in [0, 0.1) is 0 Å². The number of carbonyl (C=O) groups excluding carboxylic acids is 1. The molecule has 1 atom stereocenters. The van der Waals surface area contributed by atoms with Gasteiger partial charge in [-0.1, -0.05) is 18.2 Å². The van der Waals surface area contributed by atoms with Crippen molar-refractivity contribution in [2.45, 2.75) is 6.17 Å². The standard InChI is InChI=1S/C24H23ClN2O4/c1-29-18-10-6-16(7-11-18)23-26-24(28)20-4-3-5-21(30-2)22(20)27(23)17-8-12-19(13-9-17)31-15-14-25/h3-13,23H,14-15H2,1-2H3,(H,26,28). The Balaban J connectivity index is 1.83. The van der Waals surface area contributed by atoms with Crippen molar-refractivity contribution >= 4 is 28.9 Å². The zero-order chi connectivity index (χ0) is 21.8. The number of rotatable bonds is 7. The van der Waals surface area contributed by atoms with E-state index in [2.05, 4.69) is 10.2 Å². The van der Waals surface area contributed by atoms with Gasteiger partial charge >= 0.3 is 0 Å². The van der Waals surface area contributed by atoms with E-state index >= 15 is 0 Å². The molecule has 1 aliphatic heterocycles. The van der Waals surface area contributed by atoms with E-state index in [1.807, 2.05) is 60.7 Å². The van der Waals surface area contributed by atoms with E-state index in [-0.39, 0.29) is 5.91 Å². The average Bonchev–Trinajstić information content (AvgIpc) is 2.83. The Morgan fingerprint density at radius 3 is 2.29 bits per heavy atom. The lowest BCUT2D eigenvalue weighted by molar-refractivity contribution is 0.0929. The van der Waals surface area contributed by atoms with Crippen molar-refractivity contribution in [2.75, 3.05) is 31.6 Å². The zero-order valence-electron chi connectivity index (χ0n) is 17.3. The molecule has 3 aromatic carbocycles. The highest BCUT2D eigenvalue weighted by atomic mass is 35.5. The first-order chi connectivity index (χ1) is 15.2. The lowest BCUT2D eigenvalue weighted by Gasteiger charge is -2.40. The number of hydrogen-bond acceptors (Lipinski definition) is 5. The van der Waals surface area contributed by atoms with Crippen LogP contribution in [-0.4, -0.2) is 32.6 Å². The van der Waals surface area contributed by atoms with Crippen LogP contribution < -0.4 is 24.4 Å². The maximum Gasteiger partial charge on any atom is 0.255 e. The minimum Gasteiger partial charge on any atom is -0.497 e. The third kappa shape index (κ3) is 4.11. The van der Waals surface area contributed by atoms with Gasteiger partial charge in [-0.25, -0.2) is 0 Å². The fourth-order valence-electron chi connectivity index (χ4n) is 3.67. The summed E-state index contributed by atoms with van der Waals surface area (Å²) in [6, 6.07) is 20.8. The summed E-state index contributed by atoms with van der Waals surface area (Å²) >= 11 is 5.72. The van der Waals surface area contributed by atoms with Gasteiger partial charge in [0.05, 0.1) is 31.4 Å². The summed E-state index contributed by atoms with van der Waals surface area (Å²) in [6.07, 6.45) is -0.434. The van der Waals surface area contributed by atoms with Crippen molar-refractivity contribution in [3.63, 3.8) is 0 Å². The van der Waals surface area contributed by atoms with Gasteiger partial charge in [-0.2, -0.15) is 0 Å². The SMILES string of the molecule is COc1ccc(C2NC(=O)c3cccc(OC)c3N2c2ccc(OCCCl)cc2)cc1. The molecule has 31 heavy (non-hydrogen) atoms. The minimum absolute atomic E-state index is 0.159. The number of ether oxygens (including phenoxy) is 3. The number of nitrogens with zero attached hydrogens (tertiary/aromatic N) is 1. The predicted octanol–water partition coefficient (Wildman–Crippen LogP) is 4.90. The molecule has 1 N–H and O–H groups in total. The largest absolute Gasteiger partial charge is 0.497 e. The number of halogens is 1. The molecule has 0 radical (unpaired) electrons. The number of methoxy groups -OCH3 is 2. The average molecular weight is 439 g/mol. The van der Waals surface area contributed by atoms with E-state index in [1.54, 1.807) is 20.3 Å². The lowest BCUT2D eigenvalue weighted by atomic mass is 10.0. The molecule has 0 fully saturated rings. The molecule has 4 rings (SSSR count). The maximum absolute atomic E-state index is 13.0. The molecule has 0 aromatic heterocycles. The quantitative estimate of drug-likeness (QED) is 0.531. The summed E-state index contributed by atoms with van der Waals surface area (Å²) in [5.74, 6) is 2.36. The van der Waals surface area contributed by atoms with Crippen molar-refractivity contribution in [3.8, 4) is 17.2 Å². The predicted molar refractivity (Wildman–Crippen MR) is 121 cm³/mol. The highest BCUT2D eigenvalue weighted by Gasteiger charge is 2.35. The normalized spacial score (nSPS) is 15.1. The lowest BCUT2D eigenvalue weighted by Crippen LogP contribution is -2.44. The van der Waals surface area contributed by atoms with Gasteiger partial charge in [-0.15, -0.1) is 11.6 Å². The number of anilines is 2. The molecule has 1 unspecified atom stereocenters. The van der Waals surface area contributed by atoms with Gasteiger partial charge in [0.1, 0.15) is 30.0 Å². The Hall–Kier alpha value is -3.38. The number of amides is 1. The summed E-state index contributed by atoms with van der Waals surface area (Å²) in [4.78, 5) is 15.0. The van der Waals surface area contributed by atoms with Crippen LogP contribution >= 0.6 is 11.6 Å². The van der Waals surface area contributed by atoms with Crippen molar-refractivity contribution in [1.29, 1.82) is 0 Å². The highest BCUT2D eigenvalue weighted by molar-refractivity contribution is 6.18. The smallest absolute Gasteiger partial charge is 0.255 e. The monoisotopic (exact) mass is 438 g/mol.